The molecule has 0 bridgehead atoms. The summed E-state index contributed by atoms with van der Waals surface area (Å²) >= 11 is 0. The molecule has 2 N–H and O–H groups in total. The maximum atomic E-state index is 13.1. The first-order valence-corrected chi connectivity index (χ1v) is 7.88. The Hall–Kier alpha value is -1.09. The van der Waals surface area contributed by atoms with Crippen LogP contribution in [0.5, 0.6) is 0 Å². The zero-order chi connectivity index (χ0) is 14.6. The number of nitrogens with zero attached hydrogens (tertiary/aromatic N) is 1. The zero-order valence-corrected chi connectivity index (χ0v) is 12.7. The van der Waals surface area contributed by atoms with Crippen LogP contribution in [0, 0.1) is 11.7 Å². The molecule has 0 saturated heterocycles. The van der Waals surface area contributed by atoms with E-state index in [0.29, 0.717) is 6.54 Å². The normalized spacial score (nSPS) is 26.5. The molecule has 0 spiro atoms. The van der Waals surface area contributed by atoms with Crippen molar-refractivity contribution in [3.63, 3.8) is 0 Å². The molecule has 0 heterocycles. The largest absolute Gasteiger partial charge is 0.365 e. The molecule has 0 radical (unpaired) electrons. The molecule has 1 aliphatic carbocycles. The van der Waals surface area contributed by atoms with E-state index in [9.17, 15) is 4.39 Å². The van der Waals surface area contributed by atoms with Gasteiger partial charge in [-0.2, -0.15) is 0 Å². The smallest absolute Gasteiger partial charge is 0.123 e. The minimum absolute atomic E-state index is 0.0471. The molecule has 1 aromatic rings. The van der Waals surface area contributed by atoms with E-state index in [1.807, 2.05) is 12.1 Å². The molecular weight excluding hydrogens is 251 g/mol. The summed E-state index contributed by atoms with van der Waals surface area (Å²) in [6, 6.07) is 6.85. The predicted molar refractivity (Wildman–Crippen MR) is 83.5 cm³/mol. The van der Waals surface area contributed by atoms with Crippen LogP contribution in [0.15, 0.2) is 24.3 Å². The Morgan fingerprint density at radius 3 is 2.55 bits per heavy atom. The Balaban J connectivity index is 2.28. The Labute approximate surface area is 122 Å². The molecule has 0 aliphatic heterocycles. The molecule has 2 atom stereocenters. The molecule has 0 amide bonds. The second-order valence-corrected chi connectivity index (χ2v) is 6.02. The molecule has 20 heavy (non-hydrogen) atoms. The minimum atomic E-state index is -0.179. The summed E-state index contributed by atoms with van der Waals surface area (Å²) in [6.45, 7) is 6.02. The second kappa shape index (κ2) is 6.57. The highest BCUT2D eigenvalue weighted by Gasteiger charge is 2.39. The van der Waals surface area contributed by atoms with E-state index in [1.54, 1.807) is 12.1 Å². The highest BCUT2D eigenvalue weighted by atomic mass is 19.1. The van der Waals surface area contributed by atoms with Crippen LogP contribution in [0.4, 0.5) is 10.1 Å². The van der Waals surface area contributed by atoms with Crippen molar-refractivity contribution < 1.29 is 4.39 Å². The van der Waals surface area contributed by atoms with Crippen molar-refractivity contribution in [3.05, 3.63) is 30.1 Å². The molecule has 2 nitrogen and oxygen atoms in total. The van der Waals surface area contributed by atoms with Gasteiger partial charge in [0, 0.05) is 18.8 Å². The molecule has 1 fully saturated rings. The van der Waals surface area contributed by atoms with Crippen molar-refractivity contribution in [1.82, 2.24) is 0 Å². The summed E-state index contributed by atoms with van der Waals surface area (Å²) in [5, 5.41) is 0. The topological polar surface area (TPSA) is 29.3 Å². The van der Waals surface area contributed by atoms with Gasteiger partial charge in [-0.15, -0.1) is 0 Å². The average Bonchev–Trinajstić information content (AvgIpc) is 2.50. The monoisotopic (exact) mass is 278 g/mol. The number of anilines is 1. The van der Waals surface area contributed by atoms with Gasteiger partial charge in [-0.1, -0.05) is 26.2 Å². The van der Waals surface area contributed by atoms with Gasteiger partial charge in [-0.25, -0.2) is 4.39 Å². The first-order chi connectivity index (χ1) is 9.65. The molecule has 112 valence electrons. The Morgan fingerprint density at radius 2 is 2.00 bits per heavy atom. The quantitative estimate of drug-likeness (QED) is 0.883. The SMILES string of the molecule is CCC1CCCC(CN)(N(CC)c2ccc(F)cc2)C1. The first-order valence-electron chi connectivity index (χ1n) is 7.88. The van der Waals surface area contributed by atoms with Crippen molar-refractivity contribution in [2.45, 2.75) is 51.5 Å². The summed E-state index contributed by atoms with van der Waals surface area (Å²) in [4.78, 5) is 2.40. The van der Waals surface area contributed by atoms with Gasteiger partial charge in [0.15, 0.2) is 0 Å². The molecule has 2 unspecified atom stereocenters. The van der Waals surface area contributed by atoms with E-state index in [2.05, 4.69) is 18.7 Å². The third-order valence-electron chi connectivity index (χ3n) is 4.91. The molecule has 3 heteroatoms. The van der Waals surface area contributed by atoms with Gasteiger partial charge in [-0.05, 0) is 49.9 Å². The van der Waals surface area contributed by atoms with Gasteiger partial charge >= 0.3 is 0 Å². The molecule has 0 aromatic heterocycles. The number of benzene rings is 1. The fraction of sp³-hybridized carbons (Fsp3) is 0.647. The van der Waals surface area contributed by atoms with E-state index in [4.69, 9.17) is 5.73 Å². The standard InChI is InChI=1S/C17H27FN2/c1-3-14-6-5-11-17(12-14,13-19)20(4-2)16-9-7-15(18)8-10-16/h7-10,14H,3-6,11-13,19H2,1-2H3. The number of halogens is 1. The highest BCUT2D eigenvalue weighted by Crippen LogP contribution is 2.39. The summed E-state index contributed by atoms with van der Waals surface area (Å²) in [5.74, 6) is 0.587. The molecule has 1 saturated carbocycles. The Bertz CT molecular complexity index is 418. The van der Waals surface area contributed by atoms with Crippen LogP contribution >= 0.6 is 0 Å². The first kappa shape index (κ1) is 15.3. The minimum Gasteiger partial charge on any atom is -0.365 e. The summed E-state index contributed by atoms with van der Waals surface area (Å²) in [5.41, 5.74) is 7.32. The van der Waals surface area contributed by atoms with Gasteiger partial charge < -0.3 is 10.6 Å². The van der Waals surface area contributed by atoms with Crippen molar-refractivity contribution in [2.75, 3.05) is 18.0 Å². The van der Waals surface area contributed by atoms with Crippen LogP contribution in [-0.2, 0) is 0 Å². The number of hydrogen-bond acceptors (Lipinski definition) is 2. The lowest BCUT2D eigenvalue weighted by molar-refractivity contribution is 0.213. The van der Waals surface area contributed by atoms with E-state index in [1.165, 1.54) is 19.3 Å². The maximum absolute atomic E-state index is 13.1. The average molecular weight is 278 g/mol. The lowest BCUT2D eigenvalue weighted by Gasteiger charge is -2.49. The molecule has 1 aliphatic rings. The fourth-order valence-electron chi connectivity index (χ4n) is 3.76. The van der Waals surface area contributed by atoms with Gasteiger partial charge in [-0.3, -0.25) is 0 Å². The van der Waals surface area contributed by atoms with Crippen LogP contribution in [0.2, 0.25) is 0 Å². The van der Waals surface area contributed by atoms with E-state index in [0.717, 1.165) is 31.0 Å². The number of likely N-dealkylation sites (N-methyl/N-ethyl adjacent to an activating group) is 1. The number of rotatable bonds is 5. The summed E-state index contributed by atoms with van der Waals surface area (Å²) in [7, 11) is 0. The van der Waals surface area contributed by atoms with Crippen LogP contribution in [-0.4, -0.2) is 18.6 Å². The van der Waals surface area contributed by atoms with Crippen LogP contribution in [0.25, 0.3) is 0 Å². The third-order valence-corrected chi connectivity index (χ3v) is 4.91. The lowest BCUT2D eigenvalue weighted by atomic mass is 9.73. The Kier molecular flexibility index (Phi) is 5.03. The Morgan fingerprint density at radius 1 is 1.30 bits per heavy atom. The summed E-state index contributed by atoms with van der Waals surface area (Å²) < 4.78 is 13.1. The van der Waals surface area contributed by atoms with Crippen LogP contribution < -0.4 is 10.6 Å². The van der Waals surface area contributed by atoms with E-state index >= 15 is 0 Å². The predicted octanol–water partition coefficient (Wildman–Crippen LogP) is 3.95. The number of nitrogens with two attached hydrogens (primary N) is 1. The van der Waals surface area contributed by atoms with Crippen molar-refractivity contribution in [3.8, 4) is 0 Å². The van der Waals surface area contributed by atoms with Gasteiger partial charge in [0.2, 0.25) is 0 Å². The highest BCUT2D eigenvalue weighted by molar-refractivity contribution is 5.49. The molecule has 1 aromatic carbocycles. The van der Waals surface area contributed by atoms with Crippen molar-refractivity contribution in [1.29, 1.82) is 0 Å². The van der Waals surface area contributed by atoms with E-state index in [-0.39, 0.29) is 11.4 Å². The van der Waals surface area contributed by atoms with Crippen molar-refractivity contribution in [2.24, 2.45) is 11.7 Å². The van der Waals surface area contributed by atoms with Gasteiger partial charge in [0.05, 0.1) is 5.54 Å². The third kappa shape index (κ3) is 2.98. The summed E-state index contributed by atoms with van der Waals surface area (Å²) in [6.07, 6.45) is 6.09. The lowest BCUT2D eigenvalue weighted by Crippen LogP contribution is -2.56. The zero-order valence-electron chi connectivity index (χ0n) is 12.7. The number of hydrogen-bond donors (Lipinski definition) is 1. The van der Waals surface area contributed by atoms with Crippen molar-refractivity contribution >= 4 is 5.69 Å². The maximum Gasteiger partial charge on any atom is 0.123 e. The van der Waals surface area contributed by atoms with Gasteiger partial charge in [0.25, 0.3) is 0 Å². The second-order valence-electron chi connectivity index (χ2n) is 6.02. The molecular formula is C17H27FN2. The van der Waals surface area contributed by atoms with Gasteiger partial charge in [0.1, 0.15) is 5.82 Å². The van der Waals surface area contributed by atoms with E-state index < -0.39 is 0 Å². The molecule has 2 rings (SSSR count). The van der Waals surface area contributed by atoms with Crippen LogP contribution in [0.3, 0.4) is 0 Å². The fourth-order valence-corrected chi connectivity index (χ4v) is 3.76. The van der Waals surface area contributed by atoms with Crippen LogP contribution in [0.1, 0.15) is 46.0 Å².